The van der Waals surface area contributed by atoms with Crippen LogP contribution in [0.25, 0.3) is 0 Å². The Morgan fingerprint density at radius 2 is 2.00 bits per heavy atom. The van der Waals surface area contributed by atoms with Gasteiger partial charge in [0.2, 0.25) is 0 Å². The summed E-state index contributed by atoms with van der Waals surface area (Å²) in [4.78, 5) is 0. The van der Waals surface area contributed by atoms with E-state index in [0.29, 0.717) is 6.07 Å². The van der Waals surface area contributed by atoms with Gasteiger partial charge in [-0.15, -0.1) is 0 Å². The van der Waals surface area contributed by atoms with Gasteiger partial charge in [0.15, 0.2) is 23.2 Å². The van der Waals surface area contributed by atoms with Crippen molar-refractivity contribution in [2.75, 3.05) is 13.1 Å². The van der Waals surface area contributed by atoms with Gasteiger partial charge in [0, 0.05) is 24.6 Å². The molecule has 0 saturated carbocycles. The first-order valence-electron chi connectivity index (χ1n) is 7.13. The van der Waals surface area contributed by atoms with E-state index in [9.17, 15) is 13.2 Å². The molecule has 1 aliphatic rings. The molecule has 1 N–H and O–H groups in total. The van der Waals surface area contributed by atoms with Crippen LogP contribution in [0.5, 0.6) is 5.75 Å². The summed E-state index contributed by atoms with van der Waals surface area (Å²) in [6, 6.07) is 1.33. The molecule has 0 bridgehead atoms. The van der Waals surface area contributed by atoms with Crippen molar-refractivity contribution in [3.8, 4) is 5.75 Å². The van der Waals surface area contributed by atoms with Crippen LogP contribution in [0.15, 0.2) is 12.1 Å². The third-order valence-electron chi connectivity index (χ3n) is 3.72. The van der Waals surface area contributed by atoms with E-state index < -0.39 is 17.5 Å². The van der Waals surface area contributed by atoms with E-state index in [2.05, 4.69) is 12.2 Å². The number of rotatable bonds is 6. The van der Waals surface area contributed by atoms with Gasteiger partial charge in [0.25, 0.3) is 0 Å². The second kappa shape index (κ2) is 6.97. The zero-order valence-corrected chi connectivity index (χ0v) is 11.6. The molecule has 1 saturated heterocycles. The minimum absolute atomic E-state index is 0.163. The van der Waals surface area contributed by atoms with Crippen LogP contribution in [0.2, 0.25) is 0 Å². The van der Waals surface area contributed by atoms with Crippen LogP contribution >= 0.6 is 0 Å². The highest BCUT2D eigenvalue weighted by molar-refractivity contribution is 5.26. The van der Waals surface area contributed by atoms with Gasteiger partial charge in [-0.3, -0.25) is 0 Å². The predicted octanol–water partition coefficient (Wildman–Crippen LogP) is 3.65. The largest absolute Gasteiger partial charge is 0.487 e. The lowest BCUT2D eigenvalue weighted by atomic mass is 9.97. The van der Waals surface area contributed by atoms with Crippen LogP contribution in [0, 0.1) is 23.4 Å². The second-order valence-electron chi connectivity index (χ2n) is 5.25. The molecule has 5 heteroatoms. The molecule has 112 valence electrons. The third kappa shape index (κ3) is 3.66. The molecule has 0 aliphatic carbocycles. The summed E-state index contributed by atoms with van der Waals surface area (Å²) in [6.07, 6.45) is 3.57. The van der Waals surface area contributed by atoms with Crippen LogP contribution in [0.4, 0.5) is 13.2 Å². The van der Waals surface area contributed by atoms with Crippen LogP contribution in [0.3, 0.4) is 0 Å². The Morgan fingerprint density at radius 1 is 1.25 bits per heavy atom. The Labute approximate surface area is 117 Å². The Bertz CT molecular complexity index is 447. The fourth-order valence-electron chi connectivity index (χ4n) is 2.55. The summed E-state index contributed by atoms with van der Waals surface area (Å²) in [5, 5.41) is 3.24. The Balaban J connectivity index is 2.11. The maximum Gasteiger partial charge on any atom is 0.168 e. The van der Waals surface area contributed by atoms with Crippen LogP contribution in [-0.2, 0) is 0 Å². The van der Waals surface area contributed by atoms with Gasteiger partial charge in [0.1, 0.15) is 6.10 Å². The number of nitrogens with one attached hydrogen (secondary N) is 1. The van der Waals surface area contributed by atoms with Gasteiger partial charge in [-0.2, -0.15) is 0 Å². The van der Waals surface area contributed by atoms with E-state index >= 15 is 0 Å². The van der Waals surface area contributed by atoms with Gasteiger partial charge < -0.3 is 10.1 Å². The molecule has 1 aromatic carbocycles. The average Bonchev–Trinajstić information content (AvgIpc) is 2.94. The molecule has 0 spiro atoms. The number of ether oxygens (including phenoxy) is 1. The molecule has 0 aromatic heterocycles. The maximum absolute atomic E-state index is 13.7. The molecular weight excluding hydrogens is 267 g/mol. The van der Waals surface area contributed by atoms with Crippen molar-refractivity contribution in [3.05, 3.63) is 29.6 Å². The highest BCUT2D eigenvalue weighted by Crippen LogP contribution is 2.27. The summed E-state index contributed by atoms with van der Waals surface area (Å²) >= 11 is 0. The van der Waals surface area contributed by atoms with Gasteiger partial charge in [-0.05, 0) is 19.4 Å². The first-order valence-corrected chi connectivity index (χ1v) is 7.13. The topological polar surface area (TPSA) is 21.3 Å². The van der Waals surface area contributed by atoms with Crippen LogP contribution in [-0.4, -0.2) is 19.2 Å². The number of halogens is 3. The van der Waals surface area contributed by atoms with E-state index in [1.54, 1.807) is 0 Å². The van der Waals surface area contributed by atoms with Crippen molar-refractivity contribution in [1.82, 2.24) is 5.32 Å². The Kier molecular flexibility index (Phi) is 5.29. The molecular formula is C15H20F3NO. The van der Waals surface area contributed by atoms with E-state index in [1.165, 1.54) is 0 Å². The highest BCUT2D eigenvalue weighted by Gasteiger charge is 2.27. The number of benzene rings is 1. The third-order valence-corrected chi connectivity index (χ3v) is 3.72. The summed E-state index contributed by atoms with van der Waals surface area (Å²) < 4.78 is 45.4. The van der Waals surface area contributed by atoms with E-state index in [4.69, 9.17) is 4.74 Å². The van der Waals surface area contributed by atoms with E-state index in [1.807, 2.05) is 0 Å². The molecule has 1 aliphatic heterocycles. The van der Waals surface area contributed by atoms with Gasteiger partial charge in [-0.1, -0.05) is 19.8 Å². The van der Waals surface area contributed by atoms with Gasteiger partial charge in [-0.25, -0.2) is 13.2 Å². The van der Waals surface area contributed by atoms with Gasteiger partial charge >= 0.3 is 0 Å². The average molecular weight is 287 g/mol. The van der Waals surface area contributed by atoms with Crippen molar-refractivity contribution in [3.63, 3.8) is 0 Å². The smallest absolute Gasteiger partial charge is 0.168 e. The molecule has 0 radical (unpaired) electrons. The Morgan fingerprint density at radius 3 is 2.65 bits per heavy atom. The molecule has 1 fully saturated rings. The molecule has 0 amide bonds. The van der Waals surface area contributed by atoms with Crippen LogP contribution in [0.1, 0.15) is 32.6 Å². The maximum atomic E-state index is 13.7. The highest BCUT2D eigenvalue weighted by atomic mass is 19.2. The molecule has 20 heavy (non-hydrogen) atoms. The SMILES string of the molecule is CCCCC(Oc1cc(F)c(F)cc1F)C1CCNC1. The Hall–Kier alpha value is -1.23. The van der Waals surface area contributed by atoms with Gasteiger partial charge in [0.05, 0.1) is 0 Å². The first kappa shape index (κ1) is 15.2. The fourth-order valence-corrected chi connectivity index (χ4v) is 2.55. The second-order valence-corrected chi connectivity index (χ2v) is 5.25. The zero-order chi connectivity index (χ0) is 14.5. The molecule has 1 heterocycles. The summed E-state index contributed by atoms with van der Waals surface area (Å²) in [5.74, 6) is -3.04. The number of hydrogen-bond donors (Lipinski definition) is 1. The lowest BCUT2D eigenvalue weighted by Crippen LogP contribution is -2.29. The molecule has 2 rings (SSSR count). The lowest BCUT2D eigenvalue weighted by molar-refractivity contribution is 0.124. The van der Waals surface area contributed by atoms with E-state index in [0.717, 1.165) is 44.8 Å². The minimum Gasteiger partial charge on any atom is -0.487 e. The predicted molar refractivity (Wildman–Crippen MR) is 71.2 cm³/mol. The summed E-state index contributed by atoms with van der Waals surface area (Å²) in [5.41, 5.74) is 0. The number of unbranched alkanes of at least 4 members (excludes halogenated alkanes) is 1. The normalized spacial score (nSPS) is 20.1. The standard InChI is InChI=1S/C15H20F3NO/c1-2-3-4-14(10-5-6-19-9-10)20-15-8-12(17)11(16)7-13(15)18/h7-8,10,14,19H,2-6,9H2,1H3. The number of hydrogen-bond acceptors (Lipinski definition) is 2. The molecule has 2 atom stereocenters. The van der Waals surface area contributed by atoms with Crippen molar-refractivity contribution in [2.24, 2.45) is 5.92 Å². The quantitative estimate of drug-likeness (QED) is 0.806. The summed E-state index contributed by atoms with van der Waals surface area (Å²) in [7, 11) is 0. The van der Waals surface area contributed by atoms with Crippen molar-refractivity contribution in [2.45, 2.75) is 38.7 Å². The fraction of sp³-hybridized carbons (Fsp3) is 0.600. The van der Waals surface area contributed by atoms with E-state index in [-0.39, 0.29) is 17.8 Å². The van der Waals surface area contributed by atoms with Crippen molar-refractivity contribution >= 4 is 0 Å². The zero-order valence-electron chi connectivity index (χ0n) is 11.6. The lowest BCUT2D eigenvalue weighted by Gasteiger charge is -2.24. The van der Waals surface area contributed by atoms with Crippen molar-refractivity contribution in [1.29, 1.82) is 0 Å². The molecule has 1 aromatic rings. The minimum atomic E-state index is -1.19. The van der Waals surface area contributed by atoms with Crippen LogP contribution < -0.4 is 10.1 Å². The summed E-state index contributed by atoms with van der Waals surface area (Å²) in [6.45, 7) is 3.80. The monoisotopic (exact) mass is 287 g/mol. The molecule has 2 nitrogen and oxygen atoms in total. The molecule has 2 unspecified atom stereocenters. The first-order chi connectivity index (χ1) is 9.61. The van der Waals surface area contributed by atoms with Crippen molar-refractivity contribution < 1.29 is 17.9 Å².